The highest BCUT2D eigenvalue weighted by Crippen LogP contribution is 2.23. The molecule has 1 aliphatic heterocycles. The molecule has 1 aromatic rings. The van der Waals surface area contributed by atoms with Crippen LogP contribution in [-0.2, 0) is 0 Å². The molecule has 1 aromatic carbocycles. The first kappa shape index (κ1) is 17.1. The van der Waals surface area contributed by atoms with Crippen LogP contribution in [0.4, 0.5) is 0 Å². The summed E-state index contributed by atoms with van der Waals surface area (Å²) in [7, 11) is 1.52. The lowest BCUT2D eigenvalue weighted by molar-refractivity contribution is 0.0928. The first-order chi connectivity index (χ1) is 10.6. The Morgan fingerprint density at radius 2 is 2.36 bits per heavy atom. The van der Waals surface area contributed by atoms with E-state index in [1.807, 2.05) is 0 Å². The molecule has 0 spiro atoms. The highest BCUT2D eigenvalue weighted by molar-refractivity contribution is 6.30. The second-order valence-corrected chi connectivity index (χ2v) is 6.03. The van der Waals surface area contributed by atoms with Crippen LogP contribution in [0.25, 0.3) is 0 Å². The van der Waals surface area contributed by atoms with Gasteiger partial charge in [0, 0.05) is 31.3 Å². The number of hydrogen-bond donors (Lipinski definition) is 2. The van der Waals surface area contributed by atoms with Crippen LogP contribution in [0.15, 0.2) is 18.2 Å². The van der Waals surface area contributed by atoms with Gasteiger partial charge in [-0.15, -0.1) is 0 Å². The lowest BCUT2D eigenvalue weighted by Gasteiger charge is -2.31. The van der Waals surface area contributed by atoms with Crippen molar-refractivity contribution in [1.29, 1.82) is 0 Å². The van der Waals surface area contributed by atoms with E-state index in [9.17, 15) is 9.90 Å². The smallest absolute Gasteiger partial charge is 0.255 e. The first-order valence-electron chi connectivity index (χ1n) is 7.59. The van der Waals surface area contributed by atoms with Gasteiger partial charge in [-0.25, -0.2) is 0 Å². The Hall–Kier alpha value is -1.30. The van der Waals surface area contributed by atoms with Crippen LogP contribution in [0, 0.1) is 5.92 Å². The summed E-state index contributed by atoms with van der Waals surface area (Å²) in [6.45, 7) is 3.53. The lowest BCUT2D eigenvalue weighted by atomic mass is 9.99. The zero-order valence-electron chi connectivity index (χ0n) is 12.8. The SMILES string of the molecule is COc1cc(Cl)ccc1C(=O)NCCN1CCCC(CO)C1. The fourth-order valence-electron chi connectivity index (χ4n) is 2.78. The predicted octanol–water partition coefficient (Wildman–Crippen LogP) is 1.78. The van der Waals surface area contributed by atoms with Gasteiger partial charge in [0.2, 0.25) is 0 Å². The van der Waals surface area contributed by atoms with Crippen molar-refractivity contribution in [3.63, 3.8) is 0 Å². The van der Waals surface area contributed by atoms with Crippen LogP contribution in [-0.4, -0.2) is 55.8 Å². The van der Waals surface area contributed by atoms with Gasteiger partial charge in [0.1, 0.15) is 5.75 Å². The van der Waals surface area contributed by atoms with Gasteiger partial charge < -0.3 is 20.1 Å². The number of hydrogen-bond acceptors (Lipinski definition) is 4. The molecular weight excluding hydrogens is 304 g/mol. The summed E-state index contributed by atoms with van der Waals surface area (Å²) in [4.78, 5) is 14.5. The summed E-state index contributed by atoms with van der Waals surface area (Å²) in [5, 5.41) is 12.7. The molecule has 1 amide bonds. The Kier molecular flexibility index (Phi) is 6.49. The Balaban J connectivity index is 1.83. The Labute approximate surface area is 136 Å². The number of nitrogens with one attached hydrogen (secondary N) is 1. The average Bonchev–Trinajstić information content (AvgIpc) is 2.54. The minimum absolute atomic E-state index is 0.163. The number of carbonyl (C=O) groups excluding carboxylic acids is 1. The van der Waals surface area contributed by atoms with E-state index in [-0.39, 0.29) is 12.5 Å². The number of benzene rings is 1. The molecule has 1 atom stereocenters. The third-order valence-corrected chi connectivity index (χ3v) is 4.22. The third kappa shape index (κ3) is 4.60. The van der Waals surface area contributed by atoms with E-state index in [1.165, 1.54) is 7.11 Å². The standard InChI is InChI=1S/C16H23ClN2O3/c1-22-15-9-13(17)4-5-14(15)16(21)18-6-8-19-7-2-3-12(10-19)11-20/h4-5,9,12,20H,2-3,6-8,10-11H2,1H3,(H,18,21). The second kappa shape index (κ2) is 8.36. The molecule has 2 N–H and O–H groups in total. The monoisotopic (exact) mass is 326 g/mol. The molecule has 0 saturated carbocycles. The van der Waals surface area contributed by atoms with Crippen molar-refractivity contribution in [2.24, 2.45) is 5.92 Å². The number of piperidine rings is 1. The molecule has 1 unspecified atom stereocenters. The van der Waals surface area contributed by atoms with E-state index in [2.05, 4.69) is 10.2 Å². The fourth-order valence-corrected chi connectivity index (χ4v) is 2.94. The maximum absolute atomic E-state index is 12.2. The van der Waals surface area contributed by atoms with Gasteiger partial charge >= 0.3 is 0 Å². The fraction of sp³-hybridized carbons (Fsp3) is 0.562. The molecule has 122 valence electrons. The number of likely N-dealkylation sites (tertiary alicyclic amines) is 1. The van der Waals surface area contributed by atoms with Gasteiger partial charge in [-0.05, 0) is 43.5 Å². The number of carbonyl (C=O) groups is 1. The van der Waals surface area contributed by atoms with Crippen molar-refractivity contribution in [1.82, 2.24) is 10.2 Å². The second-order valence-electron chi connectivity index (χ2n) is 5.59. The average molecular weight is 327 g/mol. The number of aliphatic hydroxyl groups excluding tert-OH is 1. The summed E-state index contributed by atoms with van der Waals surface area (Å²) in [6, 6.07) is 4.97. The van der Waals surface area contributed by atoms with Gasteiger partial charge in [0.05, 0.1) is 12.7 Å². The topological polar surface area (TPSA) is 61.8 Å². The molecule has 0 aromatic heterocycles. The Bertz CT molecular complexity index is 510. The first-order valence-corrected chi connectivity index (χ1v) is 7.96. The molecule has 0 radical (unpaired) electrons. The number of nitrogens with zero attached hydrogens (tertiary/aromatic N) is 1. The van der Waals surface area contributed by atoms with E-state index >= 15 is 0 Å². The largest absolute Gasteiger partial charge is 0.496 e. The summed E-state index contributed by atoms with van der Waals surface area (Å²) in [6.07, 6.45) is 2.19. The minimum Gasteiger partial charge on any atom is -0.496 e. The van der Waals surface area contributed by atoms with E-state index in [0.717, 1.165) is 32.5 Å². The molecule has 1 aliphatic rings. The highest BCUT2D eigenvalue weighted by Gasteiger charge is 2.19. The van der Waals surface area contributed by atoms with Gasteiger partial charge in [0.25, 0.3) is 5.91 Å². The summed E-state index contributed by atoms with van der Waals surface area (Å²) in [5.41, 5.74) is 0.485. The van der Waals surface area contributed by atoms with E-state index in [4.69, 9.17) is 16.3 Å². The summed E-state index contributed by atoms with van der Waals surface area (Å²) < 4.78 is 5.19. The van der Waals surface area contributed by atoms with Crippen molar-refractivity contribution >= 4 is 17.5 Å². The molecule has 0 bridgehead atoms. The molecular formula is C16H23ClN2O3. The molecule has 22 heavy (non-hydrogen) atoms. The minimum atomic E-state index is -0.163. The quantitative estimate of drug-likeness (QED) is 0.836. The van der Waals surface area contributed by atoms with Crippen LogP contribution in [0.3, 0.4) is 0 Å². The number of halogens is 1. The van der Waals surface area contributed by atoms with Crippen LogP contribution in [0.2, 0.25) is 5.02 Å². The van der Waals surface area contributed by atoms with Crippen LogP contribution < -0.4 is 10.1 Å². The van der Waals surface area contributed by atoms with Gasteiger partial charge in [-0.2, -0.15) is 0 Å². The molecule has 5 nitrogen and oxygen atoms in total. The zero-order valence-corrected chi connectivity index (χ0v) is 13.6. The van der Waals surface area contributed by atoms with Gasteiger partial charge in [0.15, 0.2) is 0 Å². The molecule has 1 fully saturated rings. The van der Waals surface area contributed by atoms with Gasteiger partial charge in [-0.3, -0.25) is 4.79 Å². The number of aliphatic hydroxyl groups is 1. The van der Waals surface area contributed by atoms with Crippen molar-refractivity contribution < 1.29 is 14.6 Å². The Morgan fingerprint density at radius 3 is 3.09 bits per heavy atom. The number of amides is 1. The number of ether oxygens (including phenoxy) is 1. The van der Waals surface area contributed by atoms with E-state index in [1.54, 1.807) is 18.2 Å². The lowest BCUT2D eigenvalue weighted by Crippen LogP contribution is -2.41. The maximum Gasteiger partial charge on any atom is 0.255 e. The van der Waals surface area contributed by atoms with Crippen molar-refractivity contribution in [2.45, 2.75) is 12.8 Å². The molecule has 1 saturated heterocycles. The maximum atomic E-state index is 12.2. The van der Waals surface area contributed by atoms with Gasteiger partial charge in [-0.1, -0.05) is 11.6 Å². The predicted molar refractivity (Wildman–Crippen MR) is 86.6 cm³/mol. The molecule has 2 rings (SSSR count). The van der Waals surface area contributed by atoms with Crippen molar-refractivity contribution in [3.05, 3.63) is 28.8 Å². The van der Waals surface area contributed by atoms with E-state index < -0.39 is 0 Å². The molecule has 0 aliphatic carbocycles. The zero-order chi connectivity index (χ0) is 15.9. The molecule has 6 heteroatoms. The van der Waals surface area contributed by atoms with Crippen LogP contribution in [0.5, 0.6) is 5.75 Å². The van der Waals surface area contributed by atoms with Crippen molar-refractivity contribution in [2.75, 3.05) is 39.9 Å². The number of methoxy groups -OCH3 is 1. The normalized spacial score (nSPS) is 19.0. The summed E-state index contributed by atoms with van der Waals surface area (Å²) in [5.74, 6) is 0.674. The van der Waals surface area contributed by atoms with Crippen molar-refractivity contribution in [3.8, 4) is 5.75 Å². The van der Waals surface area contributed by atoms with Crippen LogP contribution >= 0.6 is 11.6 Å². The number of rotatable bonds is 6. The molecule has 1 heterocycles. The van der Waals surface area contributed by atoms with E-state index in [0.29, 0.717) is 28.8 Å². The van der Waals surface area contributed by atoms with Crippen LogP contribution in [0.1, 0.15) is 23.2 Å². The highest BCUT2D eigenvalue weighted by atomic mass is 35.5. The Morgan fingerprint density at radius 1 is 1.55 bits per heavy atom. The third-order valence-electron chi connectivity index (χ3n) is 3.98. The summed E-state index contributed by atoms with van der Waals surface area (Å²) >= 11 is 5.89.